The third kappa shape index (κ3) is 2.31. The van der Waals surface area contributed by atoms with Crippen LogP contribution in [0, 0.1) is 0 Å². The summed E-state index contributed by atoms with van der Waals surface area (Å²) in [5, 5.41) is 0. The second-order valence-corrected chi connectivity index (χ2v) is 4.82. The van der Waals surface area contributed by atoms with Gasteiger partial charge in [-0.3, -0.25) is 9.59 Å². The summed E-state index contributed by atoms with van der Waals surface area (Å²) in [6, 6.07) is 5.06. The van der Waals surface area contributed by atoms with Gasteiger partial charge < -0.3 is 4.74 Å². The summed E-state index contributed by atoms with van der Waals surface area (Å²) >= 11 is 3.29. The van der Waals surface area contributed by atoms with Crippen LogP contribution in [-0.4, -0.2) is 24.9 Å². The van der Waals surface area contributed by atoms with E-state index in [9.17, 15) is 14.4 Å². The molecule has 0 aromatic heterocycles. The summed E-state index contributed by atoms with van der Waals surface area (Å²) in [6.07, 6.45) is 1.09. The highest BCUT2D eigenvalue weighted by Gasteiger charge is 2.35. The molecule has 0 saturated heterocycles. The minimum atomic E-state index is -0.639. The van der Waals surface area contributed by atoms with Crippen molar-refractivity contribution in [2.24, 2.45) is 0 Å². The van der Waals surface area contributed by atoms with E-state index in [0.717, 1.165) is 15.4 Å². The second kappa shape index (κ2) is 4.97. The fourth-order valence-corrected chi connectivity index (χ4v) is 2.25. The molecule has 2 rings (SSSR count). The topological polar surface area (TPSA) is 63.7 Å². The number of imide groups is 1. The number of fused-ring (bicyclic) bond motifs is 1. The van der Waals surface area contributed by atoms with Gasteiger partial charge in [-0.05, 0) is 18.2 Å². The summed E-state index contributed by atoms with van der Waals surface area (Å²) in [6.45, 7) is 1.30. The molecule has 0 atom stereocenters. The van der Waals surface area contributed by atoms with Crippen molar-refractivity contribution in [3.63, 3.8) is 0 Å². The molecule has 0 N–H and O–H groups in total. The van der Waals surface area contributed by atoms with Gasteiger partial charge in [0, 0.05) is 23.0 Å². The Morgan fingerprint density at radius 2 is 2.05 bits per heavy atom. The highest BCUT2D eigenvalue weighted by Crippen LogP contribution is 2.38. The van der Waals surface area contributed by atoms with Gasteiger partial charge in [0.1, 0.15) is 0 Å². The Morgan fingerprint density at radius 1 is 1.37 bits per heavy atom. The molecule has 1 heterocycles. The molecule has 0 aliphatic carbocycles. The molecule has 1 aliphatic rings. The molecule has 0 radical (unpaired) electrons. The summed E-state index contributed by atoms with van der Waals surface area (Å²) in [4.78, 5) is 36.1. The van der Waals surface area contributed by atoms with Crippen LogP contribution in [0.3, 0.4) is 0 Å². The SMILES string of the molecule is COC(=O)/C=C1\C(=O)N(C(C)=O)c2ccc(Br)cc21. The van der Waals surface area contributed by atoms with Crippen molar-refractivity contribution in [2.45, 2.75) is 6.92 Å². The number of esters is 1. The third-order valence-electron chi connectivity index (χ3n) is 2.70. The molecule has 0 bridgehead atoms. The Kier molecular flexibility index (Phi) is 3.53. The van der Waals surface area contributed by atoms with Gasteiger partial charge in [-0.15, -0.1) is 0 Å². The van der Waals surface area contributed by atoms with E-state index in [0.29, 0.717) is 11.3 Å². The number of hydrogen-bond acceptors (Lipinski definition) is 4. The standard InChI is InChI=1S/C13H10BrNO4/c1-7(16)15-11-4-3-8(14)5-9(11)10(13(15)18)6-12(17)19-2/h3-6H,1-2H3/b10-6-. The number of amides is 2. The molecule has 1 aromatic rings. The van der Waals surface area contributed by atoms with E-state index in [4.69, 9.17) is 0 Å². The first-order valence-electron chi connectivity index (χ1n) is 5.40. The molecule has 1 aromatic carbocycles. The van der Waals surface area contributed by atoms with Crippen molar-refractivity contribution in [3.8, 4) is 0 Å². The highest BCUT2D eigenvalue weighted by atomic mass is 79.9. The maximum atomic E-state index is 12.2. The van der Waals surface area contributed by atoms with Crippen LogP contribution in [0.1, 0.15) is 12.5 Å². The van der Waals surface area contributed by atoms with Crippen LogP contribution in [0.4, 0.5) is 5.69 Å². The summed E-state index contributed by atoms with van der Waals surface area (Å²) in [5.74, 6) is -1.56. The molecule has 1 aliphatic heterocycles. The first-order chi connectivity index (χ1) is 8.95. The van der Waals surface area contributed by atoms with E-state index in [1.807, 2.05) is 0 Å². The molecular weight excluding hydrogens is 314 g/mol. The van der Waals surface area contributed by atoms with Gasteiger partial charge in [0.15, 0.2) is 0 Å². The third-order valence-corrected chi connectivity index (χ3v) is 3.19. The van der Waals surface area contributed by atoms with Crippen LogP contribution < -0.4 is 4.90 Å². The Hall–Kier alpha value is -1.95. The zero-order valence-electron chi connectivity index (χ0n) is 10.3. The molecular formula is C13H10BrNO4. The van der Waals surface area contributed by atoms with Crippen molar-refractivity contribution in [3.05, 3.63) is 34.3 Å². The molecule has 6 heteroatoms. The maximum Gasteiger partial charge on any atom is 0.331 e. The number of anilines is 1. The smallest absolute Gasteiger partial charge is 0.331 e. The number of methoxy groups -OCH3 is 1. The summed E-state index contributed by atoms with van der Waals surface area (Å²) in [5.41, 5.74) is 1.15. The van der Waals surface area contributed by atoms with Gasteiger partial charge in [0.05, 0.1) is 18.4 Å². The number of benzene rings is 1. The maximum absolute atomic E-state index is 12.2. The van der Waals surface area contributed by atoms with E-state index in [-0.39, 0.29) is 5.57 Å². The van der Waals surface area contributed by atoms with Gasteiger partial charge >= 0.3 is 5.97 Å². The van der Waals surface area contributed by atoms with E-state index in [1.165, 1.54) is 14.0 Å². The Morgan fingerprint density at radius 3 is 2.63 bits per heavy atom. The second-order valence-electron chi connectivity index (χ2n) is 3.90. The predicted octanol–water partition coefficient (Wildman–Crippen LogP) is 1.90. The number of carbonyl (C=O) groups is 3. The molecule has 0 unspecified atom stereocenters. The average molecular weight is 324 g/mol. The van der Waals surface area contributed by atoms with Crippen molar-refractivity contribution in [1.29, 1.82) is 0 Å². The number of carbonyl (C=O) groups excluding carboxylic acids is 3. The largest absolute Gasteiger partial charge is 0.466 e. The number of halogens is 1. The Labute approximate surface area is 118 Å². The molecule has 0 fully saturated rings. The van der Waals surface area contributed by atoms with Crippen LogP contribution in [0.5, 0.6) is 0 Å². The van der Waals surface area contributed by atoms with E-state index >= 15 is 0 Å². The van der Waals surface area contributed by atoms with Crippen molar-refractivity contribution < 1.29 is 19.1 Å². The lowest BCUT2D eigenvalue weighted by atomic mass is 10.1. The van der Waals surface area contributed by atoms with Gasteiger partial charge in [-0.25, -0.2) is 9.69 Å². The van der Waals surface area contributed by atoms with Gasteiger partial charge in [0.25, 0.3) is 5.91 Å². The lowest BCUT2D eigenvalue weighted by Crippen LogP contribution is -2.31. The molecule has 19 heavy (non-hydrogen) atoms. The fraction of sp³-hybridized carbons (Fsp3) is 0.154. The van der Waals surface area contributed by atoms with Crippen LogP contribution in [0.2, 0.25) is 0 Å². The van der Waals surface area contributed by atoms with Crippen LogP contribution in [0.25, 0.3) is 5.57 Å². The average Bonchev–Trinajstić information content (AvgIpc) is 2.62. The molecule has 5 nitrogen and oxygen atoms in total. The first-order valence-corrected chi connectivity index (χ1v) is 6.19. The van der Waals surface area contributed by atoms with Gasteiger partial charge in [0.2, 0.25) is 5.91 Å². The van der Waals surface area contributed by atoms with Crippen LogP contribution >= 0.6 is 15.9 Å². The Balaban J connectivity index is 2.63. The zero-order chi connectivity index (χ0) is 14.2. The predicted molar refractivity (Wildman–Crippen MR) is 72.3 cm³/mol. The molecule has 0 spiro atoms. The van der Waals surface area contributed by atoms with Crippen molar-refractivity contribution >= 4 is 45.0 Å². The zero-order valence-corrected chi connectivity index (χ0v) is 11.9. The Bertz CT molecular complexity index is 621. The highest BCUT2D eigenvalue weighted by molar-refractivity contribution is 9.10. The quantitative estimate of drug-likeness (QED) is 0.585. The number of rotatable bonds is 1. The van der Waals surface area contributed by atoms with Crippen LogP contribution in [-0.2, 0) is 19.1 Å². The van der Waals surface area contributed by atoms with E-state index < -0.39 is 17.8 Å². The lowest BCUT2D eigenvalue weighted by molar-refractivity contribution is -0.135. The van der Waals surface area contributed by atoms with Crippen molar-refractivity contribution in [2.75, 3.05) is 12.0 Å². The molecule has 2 amide bonds. The minimum absolute atomic E-state index is 0.151. The van der Waals surface area contributed by atoms with Gasteiger partial charge in [-0.2, -0.15) is 0 Å². The molecule has 0 saturated carbocycles. The monoisotopic (exact) mass is 323 g/mol. The normalized spacial score (nSPS) is 15.6. The molecule has 98 valence electrons. The fourth-order valence-electron chi connectivity index (χ4n) is 1.89. The minimum Gasteiger partial charge on any atom is -0.466 e. The number of ether oxygens (including phenoxy) is 1. The summed E-state index contributed by atoms with van der Waals surface area (Å²) in [7, 11) is 1.23. The van der Waals surface area contributed by atoms with Crippen LogP contribution in [0.15, 0.2) is 28.7 Å². The van der Waals surface area contributed by atoms with E-state index in [2.05, 4.69) is 20.7 Å². The van der Waals surface area contributed by atoms with Crippen molar-refractivity contribution in [1.82, 2.24) is 0 Å². The first kappa shape index (κ1) is 13.5. The summed E-state index contributed by atoms with van der Waals surface area (Å²) < 4.78 is 5.27. The van der Waals surface area contributed by atoms with Gasteiger partial charge in [-0.1, -0.05) is 15.9 Å². The van der Waals surface area contributed by atoms with E-state index in [1.54, 1.807) is 18.2 Å². The lowest BCUT2D eigenvalue weighted by Gasteiger charge is -2.11. The number of nitrogens with zero attached hydrogens (tertiary/aromatic N) is 1. The number of hydrogen-bond donors (Lipinski definition) is 0.